The van der Waals surface area contributed by atoms with Crippen molar-refractivity contribution in [3.05, 3.63) is 41.0 Å². The molecule has 1 unspecified atom stereocenters. The van der Waals surface area contributed by atoms with Crippen LogP contribution in [0.25, 0.3) is 10.9 Å². The highest BCUT2D eigenvalue weighted by atomic mass is 35.5. The first-order valence-electron chi connectivity index (χ1n) is 6.82. The first-order chi connectivity index (χ1) is 9.25. The Morgan fingerprint density at radius 1 is 1.16 bits per heavy atom. The van der Waals surface area contributed by atoms with Crippen molar-refractivity contribution in [1.29, 1.82) is 0 Å². The summed E-state index contributed by atoms with van der Waals surface area (Å²) in [5.74, 6) is 0.411. The molecule has 1 heterocycles. The number of rotatable bonds is 1. The number of hydrogen-bond acceptors (Lipinski definition) is 2. The molecule has 1 aromatic carbocycles. The van der Waals surface area contributed by atoms with E-state index in [2.05, 4.69) is 4.98 Å². The van der Waals surface area contributed by atoms with Gasteiger partial charge >= 0.3 is 0 Å². The van der Waals surface area contributed by atoms with Gasteiger partial charge in [-0.3, -0.25) is 9.78 Å². The van der Waals surface area contributed by atoms with E-state index in [0.29, 0.717) is 17.2 Å². The molecular weight excluding hydrogens is 258 g/mol. The minimum Gasteiger partial charge on any atom is -0.299 e. The standard InChI is InChI=1S/C16H16ClNO/c17-11-6-7-13-12(8-9-18-15(13)10-11)14-4-2-1-3-5-16(14)19/h6-10,14H,1-5H2. The maximum atomic E-state index is 12.3. The number of fused-ring (bicyclic) bond motifs is 1. The van der Waals surface area contributed by atoms with Gasteiger partial charge in [0.05, 0.1) is 5.52 Å². The van der Waals surface area contributed by atoms with Crippen molar-refractivity contribution in [3.63, 3.8) is 0 Å². The van der Waals surface area contributed by atoms with Gasteiger partial charge in [0.15, 0.2) is 0 Å². The second-order valence-corrected chi connectivity index (χ2v) is 5.62. The topological polar surface area (TPSA) is 30.0 Å². The summed E-state index contributed by atoms with van der Waals surface area (Å²) in [6.07, 6.45) is 6.78. The maximum absolute atomic E-state index is 12.3. The second kappa shape index (κ2) is 5.30. The molecule has 0 radical (unpaired) electrons. The minimum atomic E-state index is 0.0363. The average Bonchev–Trinajstić information content (AvgIpc) is 2.62. The number of hydrogen-bond donors (Lipinski definition) is 0. The molecule has 98 valence electrons. The van der Waals surface area contributed by atoms with Gasteiger partial charge in [-0.1, -0.05) is 30.5 Å². The van der Waals surface area contributed by atoms with Gasteiger partial charge in [-0.2, -0.15) is 0 Å². The van der Waals surface area contributed by atoms with Gasteiger partial charge in [-0.05, 0) is 36.6 Å². The number of pyridine rings is 1. The zero-order chi connectivity index (χ0) is 13.2. The summed E-state index contributed by atoms with van der Waals surface area (Å²) in [5, 5.41) is 1.75. The summed E-state index contributed by atoms with van der Waals surface area (Å²) in [5.41, 5.74) is 2.00. The van der Waals surface area contributed by atoms with Crippen LogP contribution in [-0.2, 0) is 4.79 Å². The molecule has 1 aromatic heterocycles. The van der Waals surface area contributed by atoms with Crippen LogP contribution in [-0.4, -0.2) is 10.8 Å². The Kier molecular flexibility index (Phi) is 3.52. The highest BCUT2D eigenvalue weighted by Crippen LogP contribution is 2.33. The van der Waals surface area contributed by atoms with Crippen LogP contribution < -0.4 is 0 Å². The molecular formula is C16H16ClNO. The van der Waals surface area contributed by atoms with Crippen LogP contribution in [0, 0.1) is 0 Å². The maximum Gasteiger partial charge on any atom is 0.140 e. The highest BCUT2D eigenvalue weighted by molar-refractivity contribution is 6.31. The largest absolute Gasteiger partial charge is 0.299 e. The first-order valence-corrected chi connectivity index (χ1v) is 7.20. The molecule has 1 saturated carbocycles. The third-order valence-electron chi connectivity index (χ3n) is 3.92. The molecule has 2 aromatic rings. The van der Waals surface area contributed by atoms with Gasteiger partial charge in [0.25, 0.3) is 0 Å². The Bertz CT molecular complexity index is 623. The number of halogens is 1. The van der Waals surface area contributed by atoms with Crippen LogP contribution in [0.5, 0.6) is 0 Å². The summed E-state index contributed by atoms with van der Waals surface area (Å²) in [4.78, 5) is 16.6. The normalized spacial score (nSPS) is 20.5. The summed E-state index contributed by atoms with van der Waals surface area (Å²) >= 11 is 6.00. The van der Waals surface area contributed by atoms with Crippen molar-refractivity contribution in [2.75, 3.05) is 0 Å². The van der Waals surface area contributed by atoms with Crippen molar-refractivity contribution < 1.29 is 4.79 Å². The second-order valence-electron chi connectivity index (χ2n) is 5.18. The lowest BCUT2D eigenvalue weighted by Gasteiger charge is -2.15. The van der Waals surface area contributed by atoms with Crippen LogP contribution in [0.15, 0.2) is 30.5 Å². The molecule has 3 rings (SSSR count). The van der Waals surface area contributed by atoms with Gasteiger partial charge in [-0.25, -0.2) is 0 Å². The molecule has 1 aliphatic rings. The Morgan fingerprint density at radius 3 is 2.95 bits per heavy atom. The molecule has 0 saturated heterocycles. The van der Waals surface area contributed by atoms with E-state index in [-0.39, 0.29) is 5.92 Å². The van der Waals surface area contributed by atoms with Gasteiger partial charge in [0.1, 0.15) is 5.78 Å². The van der Waals surface area contributed by atoms with Crippen molar-refractivity contribution in [3.8, 4) is 0 Å². The van der Waals surface area contributed by atoms with Gasteiger partial charge in [0, 0.05) is 28.9 Å². The van der Waals surface area contributed by atoms with Gasteiger partial charge < -0.3 is 0 Å². The average molecular weight is 274 g/mol. The lowest BCUT2D eigenvalue weighted by Crippen LogP contribution is -2.11. The summed E-state index contributed by atoms with van der Waals surface area (Å²) in [6, 6.07) is 7.71. The predicted molar refractivity (Wildman–Crippen MR) is 77.6 cm³/mol. The van der Waals surface area contributed by atoms with E-state index >= 15 is 0 Å². The number of aromatic nitrogens is 1. The van der Waals surface area contributed by atoms with E-state index in [1.165, 1.54) is 0 Å². The lowest BCUT2D eigenvalue weighted by molar-refractivity contribution is -0.120. The van der Waals surface area contributed by atoms with E-state index in [0.717, 1.165) is 42.1 Å². The van der Waals surface area contributed by atoms with E-state index in [4.69, 9.17) is 11.6 Å². The van der Waals surface area contributed by atoms with E-state index in [9.17, 15) is 4.79 Å². The smallest absolute Gasteiger partial charge is 0.140 e. The number of nitrogens with zero attached hydrogens (tertiary/aromatic N) is 1. The van der Waals surface area contributed by atoms with Gasteiger partial charge in [0.2, 0.25) is 0 Å². The lowest BCUT2D eigenvalue weighted by atomic mass is 9.88. The molecule has 0 bridgehead atoms. The highest BCUT2D eigenvalue weighted by Gasteiger charge is 2.24. The Labute approximate surface area is 117 Å². The van der Waals surface area contributed by atoms with Crippen LogP contribution in [0.4, 0.5) is 0 Å². The molecule has 2 nitrogen and oxygen atoms in total. The monoisotopic (exact) mass is 273 g/mol. The van der Waals surface area contributed by atoms with Crippen LogP contribution >= 0.6 is 11.6 Å². The predicted octanol–water partition coefficient (Wildman–Crippen LogP) is 4.51. The molecule has 19 heavy (non-hydrogen) atoms. The van der Waals surface area contributed by atoms with E-state index in [1.807, 2.05) is 24.3 Å². The summed E-state index contributed by atoms with van der Waals surface area (Å²) < 4.78 is 0. The Balaban J connectivity index is 2.10. The van der Waals surface area contributed by atoms with Crippen LogP contribution in [0.3, 0.4) is 0 Å². The van der Waals surface area contributed by atoms with Gasteiger partial charge in [-0.15, -0.1) is 0 Å². The summed E-state index contributed by atoms with van der Waals surface area (Å²) in [7, 11) is 0. The fourth-order valence-corrected chi connectivity index (χ4v) is 3.10. The quantitative estimate of drug-likeness (QED) is 0.716. The van der Waals surface area contributed by atoms with Crippen molar-refractivity contribution in [2.24, 2.45) is 0 Å². The number of carbonyl (C=O) groups is 1. The Morgan fingerprint density at radius 2 is 2.05 bits per heavy atom. The number of Topliss-reactive ketones (excluding diaryl/α,β-unsaturated/α-hetero) is 1. The van der Waals surface area contributed by atoms with Crippen LogP contribution in [0.1, 0.15) is 43.6 Å². The van der Waals surface area contributed by atoms with Crippen LogP contribution in [0.2, 0.25) is 5.02 Å². The van der Waals surface area contributed by atoms with E-state index in [1.54, 1.807) is 6.20 Å². The zero-order valence-electron chi connectivity index (χ0n) is 10.7. The van der Waals surface area contributed by atoms with Crippen molar-refractivity contribution in [1.82, 2.24) is 4.98 Å². The summed E-state index contributed by atoms with van der Waals surface area (Å²) in [6.45, 7) is 0. The van der Waals surface area contributed by atoms with Crippen molar-refractivity contribution in [2.45, 2.75) is 38.0 Å². The molecule has 1 aliphatic carbocycles. The van der Waals surface area contributed by atoms with E-state index < -0.39 is 0 Å². The molecule has 0 aliphatic heterocycles. The first kappa shape index (κ1) is 12.6. The third-order valence-corrected chi connectivity index (χ3v) is 4.15. The molecule has 0 spiro atoms. The minimum absolute atomic E-state index is 0.0363. The number of carbonyl (C=O) groups excluding carboxylic acids is 1. The SMILES string of the molecule is O=C1CCCCCC1c1ccnc2cc(Cl)ccc12. The molecule has 3 heteroatoms. The Hall–Kier alpha value is -1.41. The van der Waals surface area contributed by atoms with Crippen molar-refractivity contribution >= 4 is 28.3 Å². The number of benzene rings is 1. The molecule has 1 fully saturated rings. The zero-order valence-corrected chi connectivity index (χ0v) is 11.5. The molecule has 0 N–H and O–H groups in total. The fourth-order valence-electron chi connectivity index (χ4n) is 2.94. The molecule has 0 amide bonds. The fraction of sp³-hybridized carbons (Fsp3) is 0.375. The third kappa shape index (κ3) is 2.50. The molecule has 1 atom stereocenters. The number of ketones is 1.